The Kier molecular flexibility index (Phi) is 4.94. The summed E-state index contributed by atoms with van der Waals surface area (Å²) < 4.78 is 0. The lowest BCUT2D eigenvalue weighted by Crippen LogP contribution is -2.21. The van der Waals surface area contributed by atoms with Crippen LogP contribution in [0.1, 0.15) is 25.0 Å². The van der Waals surface area contributed by atoms with Crippen LogP contribution in [0.4, 0.5) is 11.4 Å². The van der Waals surface area contributed by atoms with Gasteiger partial charge in [-0.1, -0.05) is 29.8 Å². The Bertz CT molecular complexity index is 549. The second-order valence-corrected chi connectivity index (χ2v) is 4.86. The molecule has 0 aliphatic carbocycles. The van der Waals surface area contributed by atoms with Gasteiger partial charge in [-0.3, -0.25) is 4.99 Å². The maximum Gasteiger partial charge on any atom is 0.0630 e. The average Bonchev–Trinajstić information content (AvgIpc) is 2.49. The molecule has 0 aromatic heterocycles. The Morgan fingerprint density at radius 2 is 1.50 bits per heavy atom. The van der Waals surface area contributed by atoms with Crippen LogP contribution in [-0.4, -0.2) is 19.3 Å². The molecule has 2 aromatic carbocycles. The van der Waals surface area contributed by atoms with Gasteiger partial charge in [-0.25, -0.2) is 0 Å². The molecule has 0 aliphatic rings. The van der Waals surface area contributed by atoms with Crippen LogP contribution >= 0.6 is 0 Å². The smallest absolute Gasteiger partial charge is 0.0630 e. The van der Waals surface area contributed by atoms with Crippen LogP contribution in [0.5, 0.6) is 0 Å². The molecule has 0 radical (unpaired) electrons. The molecule has 0 N–H and O–H groups in total. The molecular formula is C18H22N2. The van der Waals surface area contributed by atoms with E-state index in [0.717, 1.165) is 24.3 Å². The molecule has 0 amide bonds. The zero-order valence-corrected chi connectivity index (χ0v) is 12.5. The van der Waals surface area contributed by atoms with Crippen molar-refractivity contribution in [3.63, 3.8) is 0 Å². The van der Waals surface area contributed by atoms with Crippen molar-refractivity contribution >= 4 is 17.6 Å². The second-order valence-electron chi connectivity index (χ2n) is 4.86. The molecule has 0 bridgehead atoms. The minimum Gasteiger partial charge on any atom is -0.372 e. The fourth-order valence-corrected chi connectivity index (χ4v) is 2.14. The number of benzene rings is 2. The van der Waals surface area contributed by atoms with Gasteiger partial charge in [-0.2, -0.15) is 0 Å². The molecule has 0 saturated heterocycles. The third-order valence-electron chi connectivity index (χ3n) is 3.42. The van der Waals surface area contributed by atoms with Crippen LogP contribution in [-0.2, 0) is 0 Å². The molecule has 104 valence electrons. The molecule has 0 unspecified atom stereocenters. The van der Waals surface area contributed by atoms with Crippen molar-refractivity contribution in [1.82, 2.24) is 0 Å². The van der Waals surface area contributed by atoms with Crippen molar-refractivity contribution in [2.75, 3.05) is 18.0 Å². The molecule has 0 fully saturated rings. The van der Waals surface area contributed by atoms with E-state index in [0.29, 0.717) is 0 Å². The quantitative estimate of drug-likeness (QED) is 0.723. The van der Waals surface area contributed by atoms with E-state index in [1.807, 2.05) is 18.3 Å². The van der Waals surface area contributed by atoms with Gasteiger partial charge in [-0.05, 0) is 50.6 Å². The van der Waals surface area contributed by atoms with Gasteiger partial charge in [0.25, 0.3) is 0 Å². The third-order valence-corrected chi connectivity index (χ3v) is 3.42. The van der Waals surface area contributed by atoms with E-state index in [4.69, 9.17) is 0 Å². The van der Waals surface area contributed by atoms with Crippen LogP contribution in [0, 0.1) is 6.92 Å². The van der Waals surface area contributed by atoms with Crippen LogP contribution in [0.3, 0.4) is 0 Å². The van der Waals surface area contributed by atoms with E-state index in [1.165, 1.54) is 11.3 Å². The number of rotatable bonds is 5. The number of hydrogen-bond acceptors (Lipinski definition) is 2. The number of aliphatic imine (C=N–C) groups is 1. The number of hydrogen-bond donors (Lipinski definition) is 0. The molecule has 2 nitrogen and oxygen atoms in total. The van der Waals surface area contributed by atoms with Gasteiger partial charge in [0.2, 0.25) is 0 Å². The summed E-state index contributed by atoms with van der Waals surface area (Å²) in [4.78, 5) is 6.83. The highest BCUT2D eigenvalue weighted by Gasteiger charge is 2.00. The standard InChI is InChI=1S/C18H22N2/c1-4-20(5-2)18-12-8-16(9-13-18)14-19-17-10-6-15(3)7-11-17/h6-14H,4-5H2,1-3H3. The molecule has 0 saturated carbocycles. The van der Waals surface area contributed by atoms with Crippen LogP contribution in [0.15, 0.2) is 53.5 Å². The van der Waals surface area contributed by atoms with Crippen molar-refractivity contribution in [1.29, 1.82) is 0 Å². The normalized spacial score (nSPS) is 10.9. The SMILES string of the molecule is CCN(CC)c1ccc(C=Nc2ccc(C)cc2)cc1. The Balaban J connectivity index is 2.08. The first-order chi connectivity index (χ1) is 9.72. The predicted octanol–water partition coefficient (Wildman–Crippen LogP) is 4.59. The maximum atomic E-state index is 4.49. The van der Waals surface area contributed by atoms with Crippen LogP contribution in [0.2, 0.25) is 0 Å². The van der Waals surface area contributed by atoms with Gasteiger partial charge in [0.05, 0.1) is 5.69 Å². The fraction of sp³-hybridized carbons (Fsp3) is 0.278. The fourth-order valence-electron chi connectivity index (χ4n) is 2.14. The van der Waals surface area contributed by atoms with Gasteiger partial charge in [0, 0.05) is 25.0 Å². The van der Waals surface area contributed by atoms with E-state index in [-0.39, 0.29) is 0 Å². The minimum absolute atomic E-state index is 0.989. The highest BCUT2D eigenvalue weighted by Crippen LogP contribution is 2.16. The lowest BCUT2D eigenvalue weighted by molar-refractivity contribution is 0.866. The Hall–Kier alpha value is -2.09. The molecule has 2 aromatic rings. The summed E-state index contributed by atoms with van der Waals surface area (Å²) in [5, 5.41) is 0. The van der Waals surface area contributed by atoms with Crippen LogP contribution < -0.4 is 4.90 Å². The van der Waals surface area contributed by atoms with Crippen LogP contribution in [0.25, 0.3) is 0 Å². The second kappa shape index (κ2) is 6.90. The zero-order valence-electron chi connectivity index (χ0n) is 12.5. The van der Waals surface area contributed by atoms with Crippen molar-refractivity contribution in [3.05, 3.63) is 59.7 Å². The summed E-state index contributed by atoms with van der Waals surface area (Å²) in [6.07, 6.45) is 1.91. The van der Waals surface area contributed by atoms with Gasteiger partial charge < -0.3 is 4.90 Å². The van der Waals surface area contributed by atoms with Gasteiger partial charge >= 0.3 is 0 Å². The van der Waals surface area contributed by atoms with Gasteiger partial charge in [0.1, 0.15) is 0 Å². The lowest BCUT2D eigenvalue weighted by Gasteiger charge is -2.20. The topological polar surface area (TPSA) is 15.6 Å². The Morgan fingerprint density at radius 1 is 0.900 bits per heavy atom. The summed E-state index contributed by atoms with van der Waals surface area (Å²) >= 11 is 0. The number of anilines is 1. The van der Waals surface area contributed by atoms with Gasteiger partial charge in [0.15, 0.2) is 0 Å². The summed E-state index contributed by atoms with van der Waals surface area (Å²) in [6, 6.07) is 16.8. The first-order valence-electron chi connectivity index (χ1n) is 7.18. The van der Waals surface area contributed by atoms with Crippen molar-refractivity contribution in [3.8, 4) is 0 Å². The monoisotopic (exact) mass is 266 g/mol. The largest absolute Gasteiger partial charge is 0.372 e. The van der Waals surface area contributed by atoms with Crippen molar-refractivity contribution in [2.24, 2.45) is 4.99 Å². The molecule has 0 heterocycles. The molecule has 0 aliphatic heterocycles. The van der Waals surface area contributed by atoms with E-state index in [2.05, 4.69) is 67.1 Å². The third kappa shape index (κ3) is 3.70. The number of aryl methyl sites for hydroxylation is 1. The van der Waals surface area contributed by atoms with Gasteiger partial charge in [-0.15, -0.1) is 0 Å². The average molecular weight is 266 g/mol. The van der Waals surface area contributed by atoms with E-state index >= 15 is 0 Å². The number of nitrogens with zero attached hydrogens (tertiary/aromatic N) is 2. The van der Waals surface area contributed by atoms with E-state index < -0.39 is 0 Å². The predicted molar refractivity (Wildman–Crippen MR) is 88.4 cm³/mol. The summed E-state index contributed by atoms with van der Waals surface area (Å²) in [7, 11) is 0. The lowest BCUT2D eigenvalue weighted by atomic mass is 10.2. The first kappa shape index (κ1) is 14.3. The molecule has 2 rings (SSSR count). The molecule has 2 heteroatoms. The summed E-state index contributed by atoms with van der Waals surface area (Å²) in [5.74, 6) is 0. The first-order valence-corrected chi connectivity index (χ1v) is 7.18. The van der Waals surface area contributed by atoms with Crippen molar-refractivity contribution < 1.29 is 0 Å². The summed E-state index contributed by atoms with van der Waals surface area (Å²) in [6.45, 7) is 8.51. The zero-order chi connectivity index (χ0) is 14.4. The molecule has 0 atom stereocenters. The van der Waals surface area contributed by atoms with E-state index in [9.17, 15) is 0 Å². The Labute approximate surface area is 121 Å². The molecule has 20 heavy (non-hydrogen) atoms. The van der Waals surface area contributed by atoms with E-state index in [1.54, 1.807) is 0 Å². The highest BCUT2D eigenvalue weighted by molar-refractivity contribution is 5.82. The Morgan fingerprint density at radius 3 is 2.05 bits per heavy atom. The molecule has 0 spiro atoms. The van der Waals surface area contributed by atoms with Crippen molar-refractivity contribution in [2.45, 2.75) is 20.8 Å². The summed E-state index contributed by atoms with van der Waals surface area (Å²) in [5.41, 5.74) is 4.64. The highest BCUT2D eigenvalue weighted by atomic mass is 15.1. The maximum absolute atomic E-state index is 4.49. The molecular weight excluding hydrogens is 244 g/mol. The minimum atomic E-state index is 0.989.